The van der Waals surface area contributed by atoms with E-state index in [0.717, 1.165) is 11.5 Å². The van der Waals surface area contributed by atoms with Crippen LogP contribution in [0.15, 0.2) is 22.8 Å². The number of esters is 1. The average molecular weight is 228 g/mol. The van der Waals surface area contributed by atoms with Gasteiger partial charge in [0.25, 0.3) is 0 Å². The van der Waals surface area contributed by atoms with E-state index in [1.165, 1.54) is 7.11 Å². The van der Waals surface area contributed by atoms with Gasteiger partial charge in [-0.2, -0.15) is 0 Å². The molecular formula is C11H16O3S. The number of hydrogen-bond acceptors (Lipinski definition) is 4. The highest BCUT2D eigenvalue weighted by Crippen LogP contribution is 2.24. The van der Waals surface area contributed by atoms with Crippen LogP contribution in [0.4, 0.5) is 0 Å². The largest absolute Gasteiger partial charge is 0.469 e. The molecular weight excluding hydrogens is 212 g/mol. The molecule has 4 heteroatoms. The summed E-state index contributed by atoms with van der Waals surface area (Å²) in [4.78, 5) is 11.3. The Kier molecular flexibility index (Phi) is 4.75. The van der Waals surface area contributed by atoms with Gasteiger partial charge in [0.05, 0.1) is 25.0 Å². The lowest BCUT2D eigenvalue weighted by molar-refractivity contribution is -0.144. The van der Waals surface area contributed by atoms with Crippen molar-refractivity contribution < 1.29 is 13.9 Å². The Labute approximate surface area is 94.2 Å². The number of hydrogen-bond donors (Lipinski definition) is 0. The molecule has 0 aliphatic carbocycles. The zero-order valence-electron chi connectivity index (χ0n) is 9.23. The SMILES string of the molecule is COC(=O)C(C)C(C)SCc1ccco1. The Balaban J connectivity index is 2.35. The lowest BCUT2D eigenvalue weighted by atomic mass is 10.1. The molecule has 0 amide bonds. The predicted octanol–water partition coefficient (Wildman–Crippen LogP) is 2.71. The molecule has 0 aliphatic rings. The highest BCUT2D eigenvalue weighted by atomic mass is 32.2. The lowest BCUT2D eigenvalue weighted by Crippen LogP contribution is -2.22. The Morgan fingerprint density at radius 3 is 2.87 bits per heavy atom. The maximum atomic E-state index is 11.3. The number of rotatable bonds is 5. The third-order valence-electron chi connectivity index (χ3n) is 2.35. The van der Waals surface area contributed by atoms with E-state index in [2.05, 4.69) is 0 Å². The summed E-state index contributed by atoms with van der Waals surface area (Å²) in [5, 5.41) is 0.225. The maximum Gasteiger partial charge on any atom is 0.309 e. The second-order valence-corrected chi connectivity index (χ2v) is 4.77. The van der Waals surface area contributed by atoms with Crippen molar-refractivity contribution in [3.8, 4) is 0 Å². The van der Waals surface area contributed by atoms with Crippen LogP contribution >= 0.6 is 11.8 Å². The number of carbonyl (C=O) groups is 1. The molecule has 0 saturated carbocycles. The first-order valence-corrected chi connectivity index (χ1v) is 5.92. The Bertz CT molecular complexity index is 295. The molecule has 0 spiro atoms. The van der Waals surface area contributed by atoms with Crippen LogP contribution in [0.25, 0.3) is 0 Å². The minimum absolute atomic E-state index is 0.0880. The summed E-state index contributed by atoms with van der Waals surface area (Å²) >= 11 is 1.69. The van der Waals surface area contributed by atoms with Crippen LogP contribution < -0.4 is 0 Å². The van der Waals surface area contributed by atoms with Crippen molar-refractivity contribution in [1.82, 2.24) is 0 Å². The van der Waals surface area contributed by atoms with Gasteiger partial charge in [-0.25, -0.2) is 0 Å². The minimum Gasteiger partial charge on any atom is -0.469 e. The Morgan fingerprint density at radius 1 is 1.60 bits per heavy atom. The molecule has 15 heavy (non-hydrogen) atoms. The van der Waals surface area contributed by atoms with Gasteiger partial charge in [0.2, 0.25) is 0 Å². The predicted molar refractivity (Wildman–Crippen MR) is 60.6 cm³/mol. The van der Waals surface area contributed by atoms with Crippen molar-refractivity contribution in [3.63, 3.8) is 0 Å². The van der Waals surface area contributed by atoms with Crippen molar-refractivity contribution in [2.24, 2.45) is 5.92 Å². The van der Waals surface area contributed by atoms with E-state index in [4.69, 9.17) is 9.15 Å². The summed E-state index contributed by atoms with van der Waals surface area (Å²) in [7, 11) is 1.42. The third kappa shape index (κ3) is 3.63. The lowest BCUT2D eigenvalue weighted by Gasteiger charge is -2.16. The first-order valence-electron chi connectivity index (χ1n) is 4.87. The van der Waals surface area contributed by atoms with Crippen molar-refractivity contribution in [2.45, 2.75) is 24.9 Å². The van der Waals surface area contributed by atoms with Gasteiger partial charge in [-0.1, -0.05) is 13.8 Å². The van der Waals surface area contributed by atoms with E-state index >= 15 is 0 Å². The van der Waals surface area contributed by atoms with Crippen LogP contribution in [0, 0.1) is 5.92 Å². The quantitative estimate of drug-likeness (QED) is 0.726. The fourth-order valence-electron chi connectivity index (χ4n) is 1.13. The van der Waals surface area contributed by atoms with Crippen LogP contribution in [0.2, 0.25) is 0 Å². The number of furan rings is 1. The standard InChI is InChI=1S/C11H16O3S/c1-8(11(12)13-3)9(2)15-7-10-5-4-6-14-10/h4-6,8-9H,7H2,1-3H3. The van der Waals surface area contributed by atoms with Gasteiger partial charge in [0, 0.05) is 5.25 Å². The van der Waals surface area contributed by atoms with Gasteiger partial charge in [-0.3, -0.25) is 4.79 Å². The van der Waals surface area contributed by atoms with Crippen LogP contribution in [0.3, 0.4) is 0 Å². The number of methoxy groups -OCH3 is 1. The molecule has 0 bridgehead atoms. The average Bonchev–Trinajstić information content (AvgIpc) is 2.76. The fraction of sp³-hybridized carbons (Fsp3) is 0.545. The molecule has 3 nitrogen and oxygen atoms in total. The van der Waals surface area contributed by atoms with Crippen LogP contribution in [0.5, 0.6) is 0 Å². The fourth-order valence-corrected chi connectivity index (χ4v) is 2.12. The molecule has 2 atom stereocenters. The molecule has 0 aliphatic heterocycles. The number of thioether (sulfide) groups is 1. The normalized spacial score (nSPS) is 14.6. The van der Waals surface area contributed by atoms with E-state index < -0.39 is 0 Å². The van der Waals surface area contributed by atoms with Gasteiger partial charge in [0.15, 0.2) is 0 Å². The summed E-state index contributed by atoms with van der Waals surface area (Å²) in [5.41, 5.74) is 0. The second kappa shape index (κ2) is 5.85. The van der Waals surface area contributed by atoms with Crippen molar-refractivity contribution in [2.75, 3.05) is 7.11 Å². The Morgan fingerprint density at radius 2 is 2.33 bits per heavy atom. The summed E-state index contributed by atoms with van der Waals surface area (Å²) in [6.45, 7) is 3.90. The molecule has 1 aromatic rings. The molecule has 1 aromatic heterocycles. The highest BCUT2D eigenvalue weighted by Gasteiger charge is 2.21. The highest BCUT2D eigenvalue weighted by molar-refractivity contribution is 7.99. The smallest absolute Gasteiger partial charge is 0.309 e. The Hall–Kier alpha value is -0.900. The first kappa shape index (κ1) is 12.2. The number of ether oxygens (including phenoxy) is 1. The topological polar surface area (TPSA) is 39.4 Å². The molecule has 0 radical (unpaired) electrons. The zero-order chi connectivity index (χ0) is 11.3. The summed E-state index contributed by atoms with van der Waals surface area (Å²) in [6, 6.07) is 3.80. The molecule has 0 aromatic carbocycles. The van der Waals surface area contributed by atoms with Gasteiger partial charge < -0.3 is 9.15 Å². The molecule has 84 valence electrons. The minimum atomic E-state index is -0.158. The van der Waals surface area contributed by atoms with Crippen molar-refractivity contribution in [3.05, 3.63) is 24.2 Å². The maximum absolute atomic E-state index is 11.3. The molecule has 0 N–H and O–H groups in total. The molecule has 1 heterocycles. The first-order chi connectivity index (χ1) is 7.15. The van der Waals surface area contributed by atoms with Gasteiger partial charge in [-0.05, 0) is 12.1 Å². The van der Waals surface area contributed by atoms with E-state index in [-0.39, 0.29) is 17.1 Å². The summed E-state index contributed by atoms with van der Waals surface area (Å²) in [5.74, 6) is 1.48. The summed E-state index contributed by atoms with van der Waals surface area (Å²) < 4.78 is 9.91. The third-order valence-corrected chi connectivity index (χ3v) is 3.73. The van der Waals surface area contributed by atoms with Crippen LogP contribution in [-0.4, -0.2) is 18.3 Å². The second-order valence-electron chi connectivity index (χ2n) is 3.41. The molecule has 2 unspecified atom stereocenters. The van der Waals surface area contributed by atoms with Crippen LogP contribution in [-0.2, 0) is 15.3 Å². The van der Waals surface area contributed by atoms with Crippen molar-refractivity contribution >= 4 is 17.7 Å². The van der Waals surface area contributed by atoms with Gasteiger partial charge in [-0.15, -0.1) is 11.8 Å². The van der Waals surface area contributed by atoms with E-state index in [9.17, 15) is 4.79 Å². The summed E-state index contributed by atoms with van der Waals surface area (Å²) in [6.07, 6.45) is 1.66. The monoisotopic (exact) mass is 228 g/mol. The van der Waals surface area contributed by atoms with Gasteiger partial charge in [0.1, 0.15) is 5.76 Å². The van der Waals surface area contributed by atoms with Crippen LogP contribution in [0.1, 0.15) is 19.6 Å². The molecule has 1 rings (SSSR count). The van der Waals surface area contributed by atoms with Crippen molar-refractivity contribution in [1.29, 1.82) is 0 Å². The van der Waals surface area contributed by atoms with E-state index in [0.29, 0.717) is 0 Å². The van der Waals surface area contributed by atoms with E-state index in [1.54, 1.807) is 18.0 Å². The molecule has 0 fully saturated rings. The van der Waals surface area contributed by atoms with E-state index in [1.807, 2.05) is 26.0 Å². The zero-order valence-corrected chi connectivity index (χ0v) is 10.0. The molecule has 0 saturated heterocycles. The van der Waals surface area contributed by atoms with Gasteiger partial charge >= 0.3 is 5.97 Å². The number of carbonyl (C=O) groups excluding carboxylic acids is 1.